The number of nitrogens with one attached hydrogen (secondary N) is 1. The summed E-state index contributed by atoms with van der Waals surface area (Å²) in [6, 6.07) is 3.48. The van der Waals surface area contributed by atoms with Crippen molar-refractivity contribution in [3.05, 3.63) is 28.5 Å². The Morgan fingerprint density at radius 3 is 2.71 bits per heavy atom. The summed E-state index contributed by atoms with van der Waals surface area (Å²) in [7, 11) is 0. The van der Waals surface area contributed by atoms with Gasteiger partial charge in [0.25, 0.3) is 5.91 Å². The van der Waals surface area contributed by atoms with E-state index >= 15 is 0 Å². The van der Waals surface area contributed by atoms with Gasteiger partial charge < -0.3 is 5.32 Å². The minimum Gasteiger partial charge on any atom is -0.352 e. The first-order valence-electron chi connectivity index (χ1n) is 8.02. The molecule has 3 nitrogen and oxygen atoms in total. The fourth-order valence-electron chi connectivity index (χ4n) is 2.91. The number of rotatable bonds is 5. The first kappa shape index (κ1) is 16.3. The van der Waals surface area contributed by atoms with E-state index in [1.165, 1.54) is 32.1 Å². The van der Waals surface area contributed by atoms with E-state index < -0.39 is 0 Å². The van der Waals surface area contributed by atoms with Gasteiger partial charge in [-0.2, -0.15) is 0 Å². The van der Waals surface area contributed by atoms with E-state index in [1.54, 1.807) is 6.07 Å². The predicted octanol–water partition coefficient (Wildman–Crippen LogP) is 4.56. The second-order valence-electron chi connectivity index (χ2n) is 6.31. The van der Waals surface area contributed by atoms with Crippen molar-refractivity contribution in [2.24, 2.45) is 5.92 Å². The maximum Gasteiger partial charge on any atom is 0.251 e. The van der Waals surface area contributed by atoms with Crippen molar-refractivity contribution >= 4 is 17.5 Å². The topological polar surface area (TPSA) is 42.0 Å². The van der Waals surface area contributed by atoms with E-state index in [-0.39, 0.29) is 11.8 Å². The normalized spacial score (nSPS) is 16.2. The molecule has 1 saturated carbocycles. The van der Waals surface area contributed by atoms with Crippen LogP contribution in [0.25, 0.3) is 0 Å². The van der Waals surface area contributed by atoms with Crippen LogP contribution in [0.2, 0.25) is 5.15 Å². The molecule has 1 aromatic rings. The molecule has 1 fully saturated rings. The summed E-state index contributed by atoms with van der Waals surface area (Å²) in [5.41, 5.74) is 1.47. The number of halogens is 1. The Bertz CT molecular complexity index is 482. The van der Waals surface area contributed by atoms with Crippen molar-refractivity contribution < 1.29 is 4.79 Å². The van der Waals surface area contributed by atoms with Crippen LogP contribution >= 0.6 is 11.6 Å². The molecule has 1 heterocycles. The molecule has 0 aromatic carbocycles. The zero-order chi connectivity index (χ0) is 15.2. The summed E-state index contributed by atoms with van der Waals surface area (Å²) in [5, 5.41) is 3.40. The Morgan fingerprint density at radius 1 is 1.33 bits per heavy atom. The predicted molar refractivity (Wildman–Crippen MR) is 86.9 cm³/mol. The zero-order valence-corrected chi connectivity index (χ0v) is 13.7. The highest BCUT2D eigenvalue weighted by atomic mass is 35.5. The lowest BCUT2D eigenvalue weighted by Crippen LogP contribution is -2.26. The third kappa shape index (κ3) is 4.99. The number of hydrogen-bond acceptors (Lipinski definition) is 2. The lowest BCUT2D eigenvalue weighted by molar-refractivity contribution is 0.0950. The highest BCUT2D eigenvalue weighted by Gasteiger charge is 2.14. The van der Waals surface area contributed by atoms with Crippen LogP contribution in [0.1, 0.15) is 74.3 Å². The van der Waals surface area contributed by atoms with Gasteiger partial charge in [-0.3, -0.25) is 4.79 Å². The van der Waals surface area contributed by atoms with Gasteiger partial charge >= 0.3 is 0 Å². The van der Waals surface area contributed by atoms with E-state index in [2.05, 4.69) is 10.3 Å². The molecular formula is C17H25ClN2O. The molecule has 2 rings (SSSR count). The lowest BCUT2D eigenvalue weighted by Gasteiger charge is -2.21. The van der Waals surface area contributed by atoms with Crippen LogP contribution in [0.5, 0.6) is 0 Å². The summed E-state index contributed by atoms with van der Waals surface area (Å²) in [5.74, 6) is 1.00. The number of carbonyl (C=O) groups excluding carboxylic acids is 1. The van der Waals surface area contributed by atoms with Crippen LogP contribution in [0, 0.1) is 5.92 Å². The van der Waals surface area contributed by atoms with Crippen molar-refractivity contribution in [3.63, 3.8) is 0 Å². The highest BCUT2D eigenvalue weighted by Crippen LogP contribution is 2.25. The molecule has 0 aliphatic heterocycles. The molecule has 0 saturated heterocycles. The Hall–Kier alpha value is -1.09. The quantitative estimate of drug-likeness (QED) is 0.810. The Labute approximate surface area is 132 Å². The number of amides is 1. The molecule has 0 atom stereocenters. The van der Waals surface area contributed by atoms with Gasteiger partial charge in [0, 0.05) is 17.8 Å². The van der Waals surface area contributed by atoms with Gasteiger partial charge in [0.15, 0.2) is 0 Å². The van der Waals surface area contributed by atoms with Crippen LogP contribution in [-0.2, 0) is 0 Å². The maximum absolute atomic E-state index is 12.2. The number of hydrogen-bond donors (Lipinski definition) is 1. The van der Waals surface area contributed by atoms with Gasteiger partial charge in [0.2, 0.25) is 0 Å². The van der Waals surface area contributed by atoms with Crippen molar-refractivity contribution in [2.45, 2.75) is 58.3 Å². The molecule has 21 heavy (non-hydrogen) atoms. The van der Waals surface area contributed by atoms with Crippen LogP contribution in [0.3, 0.4) is 0 Å². The van der Waals surface area contributed by atoms with Crippen LogP contribution in [0.4, 0.5) is 0 Å². The second-order valence-corrected chi connectivity index (χ2v) is 6.69. The average molecular weight is 309 g/mol. The van der Waals surface area contributed by atoms with E-state index in [1.807, 2.05) is 19.9 Å². The van der Waals surface area contributed by atoms with Crippen LogP contribution < -0.4 is 5.32 Å². The third-order valence-electron chi connectivity index (χ3n) is 4.23. The highest BCUT2D eigenvalue weighted by molar-refractivity contribution is 6.29. The van der Waals surface area contributed by atoms with Gasteiger partial charge in [-0.1, -0.05) is 57.6 Å². The average Bonchev–Trinajstić information content (AvgIpc) is 2.47. The van der Waals surface area contributed by atoms with Crippen LogP contribution in [0.15, 0.2) is 12.1 Å². The maximum atomic E-state index is 12.2. The number of aromatic nitrogens is 1. The summed E-state index contributed by atoms with van der Waals surface area (Å²) in [6.07, 6.45) is 7.77. The minimum absolute atomic E-state index is 0.0444. The molecule has 1 N–H and O–H groups in total. The summed E-state index contributed by atoms with van der Waals surface area (Å²) < 4.78 is 0. The standard InChI is InChI=1S/C17H25ClN2O/c1-12(2)15-10-14(11-16(18)20-15)17(21)19-9-8-13-6-4-3-5-7-13/h10-13H,3-9H2,1-2H3,(H,19,21). The SMILES string of the molecule is CC(C)c1cc(C(=O)NCCC2CCCCC2)cc(Cl)n1. The fourth-order valence-corrected chi connectivity index (χ4v) is 3.13. The Morgan fingerprint density at radius 2 is 2.05 bits per heavy atom. The van der Waals surface area contributed by atoms with Crippen molar-refractivity contribution in [2.75, 3.05) is 6.54 Å². The Kier molecular flexibility index (Phi) is 6.04. The van der Waals surface area contributed by atoms with Gasteiger partial charge in [-0.05, 0) is 30.4 Å². The largest absolute Gasteiger partial charge is 0.352 e. The van der Waals surface area contributed by atoms with Gasteiger partial charge in [0.05, 0.1) is 0 Å². The summed E-state index contributed by atoms with van der Waals surface area (Å²) in [4.78, 5) is 16.5. The second kappa shape index (κ2) is 7.79. The molecule has 0 radical (unpaired) electrons. The van der Waals surface area contributed by atoms with Gasteiger partial charge in [-0.15, -0.1) is 0 Å². The molecule has 0 unspecified atom stereocenters. The van der Waals surface area contributed by atoms with Crippen LogP contribution in [-0.4, -0.2) is 17.4 Å². The van der Waals surface area contributed by atoms with Crippen molar-refractivity contribution in [3.8, 4) is 0 Å². The number of carbonyl (C=O) groups is 1. The molecule has 0 bridgehead atoms. The molecule has 1 aliphatic rings. The van der Waals surface area contributed by atoms with Gasteiger partial charge in [0.1, 0.15) is 5.15 Å². The molecule has 1 amide bonds. The monoisotopic (exact) mass is 308 g/mol. The summed E-state index contributed by atoms with van der Waals surface area (Å²) in [6.45, 7) is 4.84. The zero-order valence-electron chi connectivity index (χ0n) is 13.0. The molecule has 1 aliphatic carbocycles. The third-order valence-corrected chi connectivity index (χ3v) is 4.42. The summed E-state index contributed by atoms with van der Waals surface area (Å²) >= 11 is 6.00. The smallest absolute Gasteiger partial charge is 0.251 e. The molecule has 0 spiro atoms. The molecular weight excluding hydrogens is 284 g/mol. The molecule has 4 heteroatoms. The van der Waals surface area contributed by atoms with Gasteiger partial charge in [-0.25, -0.2) is 4.98 Å². The molecule has 1 aromatic heterocycles. The van der Waals surface area contributed by atoms with E-state index in [9.17, 15) is 4.79 Å². The first-order valence-corrected chi connectivity index (χ1v) is 8.39. The van der Waals surface area contributed by atoms with E-state index in [4.69, 9.17) is 11.6 Å². The van der Waals surface area contributed by atoms with Crippen molar-refractivity contribution in [1.29, 1.82) is 0 Å². The van der Waals surface area contributed by atoms with Crippen molar-refractivity contribution in [1.82, 2.24) is 10.3 Å². The molecule has 116 valence electrons. The fraction of sp³-hybridized carbons (Fsp3) is 0.647. The van der Waals surface area contributed by atoms with E-state index in [0.717, 1.165) is 24.6 Å². The lowest BCUT2D eigenvalue weighted by atomic mass is 9.87. The van der Waals surface area contributed by atoms with E-state index in [0.29, 0.717) is 10.7 Å². The number of pyridine rings is 1. The minimum atomic E-state index is -0.0444. The Balaban J connectivity index is 1.87. The number of nitrogens with zero attached hydrogens (tertiary/aromatic N) is 1. The first-order chi connectivity index (χ1) is 10.1.